The highest BCUT2D eigenvalue weighted by Crippen LogP contribution is 2.33. The molecular weight excluding hydrogens is 281 g/mol. The minimum absolute atomic E-state index is 0.140. The van der Waals surface area contributed by atoms with Gasteiger partial charge in [0.05, 0.1) is 12.8 Å². The lowest BCUT2D eigenvalue weighted by atomic mass is 10.0. The van der Waals surface area contributed by atoms with Crippen LogP contribution in [0.3, 0.4) is 0 Å². The number of carbonyl (C=O) groups is 1. The maximum Gasteiger partial charge on any atom is 0.185 e. The summed E-state index contributed by atoms with van der Waals surface area (Å²) >= 11 is 6.05. The highest BCUT2D eigenvalue weighted by atomic mass is 35.5. The lowest BCUT2D eigenvalue weighted by molar-refractivity contribution is 0.0987. The van der Waals surface area contributed by atoms with Crippen LogP contribution in [0.2, 0.25) is 5.02 Å². The first-order chi connectivity index (χ1) is 9.63. The van der Waals surface area contributed by atoms with Crippen molar-refractivity contribution in [2.45, 2.75) is 12.8 Å². The first-order valence-electron chi connectivity index (χ1n) is 6.22. The summed E-state index contributed by atoms with van der Waals surface area (Å²) < 4.78 is 18.3. The van der Waals surface area contributed by atoms with Crippen LogP contribution in [0.1, 0.15) is 21.6 Å². The van der Waals surface area contributed by atoms with Gasteiger partial charge in [-0.1, -0.05) is 11.6 Å². The fraction of sp³-hybridized carbons (Fsp3) is 0.200. The predicted molar refractivity (Wildman–Crippen MR) is 72.9 cm³/mol. The van der Waals surface area contributed by atoms with Gasteiger partial charge in [0.15, 0.2) is 5.78 Å². The van der Waals surface area contributed by atoms with Gasteiger partial charge in [0.25, 0.3) is 0 Å². The van der Waals surface area contributed by atoms with Gasteiger partial charge in [-0.15, -0.1) is 0 Å². The van der Waals surface area contributed by atoms with Gasteiger partial charge >= 0.3 is 0 Å². The average molecular weight is 292 g/mol. The Morgan fingerprint density at radius 2 is 2.25 bits per heavy atom. The Morgan fingerprint density at radius 3 is 3.00 bits per heavy atom. The van der Waals surface area contributed by atoms with Crippen molar-refractivity contribution >= 4 is 17.4 Å². The molecule has 1 aliphatic rings. The highest BCUT2D eigenvalue weighted by Gasteiger charge is 2.20. The van der Waals surface area contributed by atoms with E-state index in [-0.39, 0.29) is 17.9 Å². The first-order valence-corrected chi connectivity index (χ1v) is 6.60. The fourth-order valence-electron chi connectivity index (χ4n) is 2.28. The van der Waals surface area contributed by atoms with Gasteiger partial charge in [0, 0.05) is 23.4 Å². The van der Waals surface area contributed by atoms with Crippen molar-refractivity contribution in [1.29, 1.82) is 0 Å². The van der Waals surface area contributed by atoms with Gasteiger partial charge < -0.3 is 4.74 Å². The van der Waals surface area contributed by atoms with Crippen molar-refractivity contribution in [3.8, 4) is 5.75 Å². The Balaban J connectivity index is 1.88. The second-order valence-corrected chi connectivity index (χ2v) is 5.05. The van der Waals surface area contributed by atoms with E-state index >= 15 is 0 Å². The molecule has 0 bridgehead atoms. The van der Waals surface area contributed by atoms with E-state index < -0.39 is 5.82 Å². The van der Waals surface area contributed by atoms with E-state index in [9.17, 15) is 9.18 Å². The number of rotatable bonds is 3. The average Bonchev–Trinajstić information content (AvgIpc) is 2.87. The normalized spacial score (nSPS) is 12.9. The van der Waals surface area contributed by atoms with Gasteiger partial charge in [-0.2, -0.15) is 0 Å². The third-order valence-corrected chi connectivity index (χ3v) is 3.41. The van der Waals surface area contributed by atoms with Crippen LogP contribution in [0.15, 0.2) is 30.5 Å². The molecule has 0 aliphatic carbocycles. The molecule has 0 saturated heterocycles. The number of nitrogens with zero attached hydrogens (tertiary/aromatic N) is 1. The number of benzene rings is 1. The number of ether oxygens (including phenoxy) is 1. The molecule has 20 heavy (non-hydrogen) atoms. The summed E-state index contributed by atoms with van der Waals surface area (Å²) in [6, 6.07) is 6.18. The molecule has 1 aliphatic heterocycles. The Kier molecular flexibility index (Phi) is 3.40. The molecule has 0 radical (unpaired) electrons. The number of hydrogen-bond donors (Lipinski definition) is 0. The van der Waals surface area contributed by atoms with E-state index in [2.05, 4.69) is 4.98 Å². The van der Waals surface area contributed by atoms with Crippen LogP contribution in [0, 0.1) is 5.82 Å². The number of carbonyl (C=O) groups excluding carboxylic acids is 1. The summed E-state index contributed by atoms with van der Waals surface area (Å²) in [7, 11) is 0. The van der Waals surface area contributed by atoms with Crippen LogP contribution in [-0.2, 0) is 12.8 Å². The summed E-state index contributed by atoms with van der Waals surface area (Å²) in [5.41, 5.74) is 2.01. The summed E-state index contributed by atoms with van der Waals surface area (Å²) in [4.78, 5) is 15.9. The van der Waals surface area contributed by atoms with Crippen molar-refractivity contribution in [2.24, 2.45) is 0 Å². The number of Topliss-reactive ketones (excluding diaryl/α,β-unsaturated/α-hetero) is 1. The van der Waals surface area contributed by atoms with E-state index in [0.29, 0.717) is 11.6 Å². The van der Waals surface area contributed by atoms with Crippen LogP contribution in [0.5, 0.6) is 5.75 Å². The number of ketones is 1. The van der Waals surface area contributed by atoms with Crippen molar-refractivity contribution in [3.05, 3.63) is 58.1 Å². The van der Waals surface area contributed by atoms with E-state index in [4.69, 9.17) is 16.3 Å². The Morgan fingerprint density at radius 1 is 1.40 bits per heavy atom. The summed E-state index contributed by atoms with van der Waals surface area (Å²) in [5, 5.41) is 0.587. The zero-order chi connectivity index (χ0) is 14.1. The molecule has 0 fully saturated rings. The van der Waals surface area contributed by atoms with Gasteiger partial charge in [0.2, 0.25) is 0 Å². The number of halogens is 2. The Labute approximate surface area is 120 Å². The minimum Gasteiger partial charge on any atom is -0.493 e. The first kappa shape index (κ1) is 13.1. The third kappa shape index (κ3) is 2.51. The predicted octanol–water partition coefficient (Wildman–Crippen LogP) is 3.23. The molecule has 5 heteroatoms. The third-order valence-electron chi connectivity index (χ3n) is 3.19. The SMILES string of the molecule is O=C(Cc1cc(Cl)cc2c1OCC2)c1ccc(F)cn1. The van der Waals surface area contributed by atoms with Gasteiger partial charge in [0.1, 0.15) is 17.3 Å². The van der Waals surface area contributed by atoms with Crippen molar-refractivity contribution in [3.63, 3.8) is 0 Å². The molecule has 0 saturated carbocycles. The smallest absolute Gasteiger partial charge is 0.185 e. The zero-order valence-electron chi connectivity index (χ0n) is 10.5. The van der Waals surface area contributed by atoms with E-state index in [0.717, 1.165) is 29.5 Å². The molecule has 0 amide bonds. The molecule has 1 aromatic carbocycles. The topological polar surface area (TPSA) is 39.2 Å². The van der Waals surface area contributed by atoms with Crippen LogP contribution in [-0.4, -0.2) is 17.4 Å². The Hall–Kier alpha value is -1.94. The summed E-state index contributed by atoms with van der Waals surface area (Å²) in [6.07, 6.45) is 1.97. The maximum absolute atomic E-state index is 12.8. The quantitative estimate of drug-likeness (QED) is 0.815. The molecule has 2 aromatic rings. The second kappa shape index (κ2) is 5.21. The van der Waals surface area contributed by atoms with E-state index in [1.807, 2.05) is 6.07 Å². The van der Waals surface area contributed by atoms with E-state index in [1.165, 1.54) is 12.1 Å². The summed E-state index contributed by atoms with van der Waals surface area (Å²) in [6.45, 7) is 0.603. The van der Waals surface area contributed by atoms with Crippen molar-refractivity contribution in [1.82, 2.24) is 4.98 Å². The molecular formula is C15H11ClFNO2. The largest absolute Gasteiger partial charge is 0.493 e. The van der Waals surface area contributed by atoms with Gasteiger partial charge in [-0.3, -0.25) is 9.78 Å². The van der Waals surface area contributed by atoms with Crippen molar-refractivity contribution in [2.75, 3.05) is 6.61 Å². The molecule has 102 valence electrons. The molecule has 3 nitrogen and oxygen atoms in total. The lowest BCUT2D eigenvalue weighted by Gasteiger charge is -2.08. The minimum atomic E-state index is -0.464. The molecule has 0 atom stereocenters. The van der Waals surface area contributed by atoms with Crippen molar-refractivity contribution < 1.29 is 13.9 Å². The maximum atomic E-state index is 12.8. The monoisotopic (exact) mass is 291 g/mol. The lowest BCUT2D eigenvalue weighted by Crippen LogP contribution is -2.07. The number of fused-ring (bicyclic) bond motifs is 1. The molecule has 0 N–H and O–H groups in total. The number of pyridine rings is 1. The molecule has 1 aromatic heterocycles. The van der Waals surface area contributed by atoms with Gasteiger partial charge in [-0.25, -0.2) is 4.39 Å². The number of hydrogen-bond acceptors (Lipinski definition) is 3. The van der Waals surface area contributed by atoms with Crippen LogP contribution >= 0.6 is 11.6 Å². The van der Waals surface area contributed by atoms with Crippen LogP contribution in [0.25, 0.3) is 0 Å². The molecule has 0 spiro atoms. The van der Waals surface area contributed by atoms with E-state index in [1.54, 1.807) is 6.07 Å². The summed E-state index contributed by atoms with van der Waals surface area (Å²) in [5.74, 6) is 0.0864. The second-order valence-electron chi connectivity index (χ2n) is 4.61. The number of aromatic nitrogens is 1. The highest BCUT2D eigenvalue weighted by molar-refractivity contribution is 6.30. The van der Waals surface area contributed by atoms with Gasteiger partial charge in [-0.05, 0) is 29.8 Å². The van der Waals surface area contributed by atoms with Crippen LogP contribution < -0.4 is 4.74 Å². The van der Waals surface area contributed by atoms with Crippen LogP contribution in [0.4, 0.5) is 4.39 Å². The molecule has 2 heterocycles. The Bertz CT molecular complexity index is 670. The molecule has 3 rings (SSSR count). The fourth-order valence-corrected chi connectivity index (χ4v) is 2.55. The molecule has 0 unspecified atom stereocenters. The zero-order valence-corrected chi connectivity index (χ0v) is 11.3. The standard InChI is InChI=1S/C15H11ClFNO2/c16-11-5-9-3-4-20-15(9)10(6-11)7-14(19)13-2-1-12(17)8-18-13/h1-2,5-6,8H,3-4,7H2.